The predicted octanol–water partition coefficient (Wildman–Crippen LogP) is 10.4. The fourth-order valence-corrected chi connectivity index (χ4v) is 4.40. The Bertz CT molecular complexity index is 434. The number of ether oxygens (including phenoxy) is 2. The van der Waals surface area contributed by atoms with Gasteiger partial charge in [-0.1, -0.05) is 130 Å². The van der Waals surface area contributed by atoms with Crippen LogP contribution in [-0.4, -0.2) is 18.9 Å². The average Bonchev–Trinajstić information content (AvgIpc) is 2.78. The summed E-state index contributed by atoms with van der Waals surface area (Å²) in [6, 6.07) is 0. The van der Waals surface area contributed by atoms with Crippen molar-refractivity contribution in [2.75, 3.05) is 6.61 Å². The van der Waals surface area contributed by atoms with Gasteiger partial charge in [0, 0.05) is 0 Å². The molecular weight excluding hydrogens is 408 g/mol. The Balaban J connectivity index is 3.31. The van der Waals surface area contributed by atoms with Gasteiger partial charge in [0.15, 0.2) is 0 Å². The van der Waals surface area contributed by atoms with Gasteiger partial charge in [0.2, 0.25) is 0 Å². The first-order valence-electron chi connectivity index (χ1n) is 14.5. The molecule has 3 nitrogen and oxygen atoms in total. The molecule has 0 fully saturated rings. The van der Waals surface area contributed by atoms with Crippen LogP contribution >= 0.6 is 0 Å². The van der Waals surface area contributed by atoms with E-state index in [0.29, 0.717) is 18.4 Å². The summed E-state index contributed by atoms with van der Waals surface area (Å²) in [6.07, 6.45) is 28.0. The molecule has 0 heterocycles. The van der Waals surface area contributed by atoms with Crippen molar-refractivity contribution < 1.29 is 14.3 Å². The Labute approximate surface area is 207 Å². The van der Waals surface area contributed by atoms with Crippen LogP contribution in [0.4, 0.5) is 4.79 Å². The minimum atomic E-state index is -0.504. The number of rotatable bonds is 23. The first kappa shape index (κ1) is 32.0. The molecule has 0 saturated heterocycles. The molecule has 0 N–H and O–H groups in total. The zero-order valence-corrected chi connectivity index (χ0v) is 23.0. The van der Waals surface area contributed by atoms with Crippen molar-refractivity contribution in [1.82, 2.24) is 0 Å². The van der Waals surface area contributed by atoms with Crippen LogP contribution in [0.2, 0.25) is 0 Å². The maximum absolute atomic E-state index is 11.8. The molecule has 0 bridgehead atoms. The molecule has 0 aliphatic carbocycles. The first-order valence-corrected chi connectivity index (χ1v) is 14.5. The molecule has 0 radical (unpaired) electrons. The molecule has 0 atom stereocenters. The highest BCUT2D eigenvalue weighted by molar-refractivity contribution is 5.60. The van der Waals surface area contributed by atoms with E-state index in [9.17, 15) is 4.79 Å². The van der Waals surface area contributed by atoms with Gasteiger partial charge >= 0.3 is 6.16 Å². The summed E-state index contributed by atoms with van der Waals surface area (Å²) in [6.45, 7) is 11.1. The summed E-state index contributed by atoms with van der Waals surface area (Å²) in [5.41, 5.74) is 0. The van der Waals surface area contributed by atoms with Crippen molar-refractivity contribution in [2.24, 2.45) is 11.8 Å². The van der Waals surface area contributed by atoms with E-state index in [0.717, 1.165) is 12.8 Å². The molecule has 0 saturated carbocycles. The second-order valence-corrected chi connectivity index (χ2v) is 10.5. The van der Waals surface area contributed by atoms with Crippen molar-refractivity contribution in [1.29, 1.82) is 0 Å². The molecular formula is C30H58O3. The SMILES string of the molecule is CCCCCCCC/C=C/CCCCCCCCCCCCOC(=O)OC(C(C)C)C(C)C. The summed E-state index contributed by atoms with van der Waals surface area (Å²) < 4.78 is 10.7. The summed E-state index contributed by atoms with van der Waals surface area (Å²) in [7, 11) is 0. The number of unbranched alkanes of at least 4 members (excludes halogenated alkanes) is 16. The van der Waals surface area contributed by atoms with Crippen LogP contribution in [-0.2, 0) is 9.47 Å². The van der Waals surface area contributed by atoms with E-state index >= 15 is 0 Å². The van der Waals surface area contributed by atoms with Crippen molar-refractivity contribution in [3.8, 4) is 0 Å². The Kier molecular flexibility index (Phi) is 23.4. The third-order valence-electron chi connectivity index (χ3n) is 6.42. The van der Waals surface area contributed by atoms with Crippen LogP contribution < -0.4 is 0 Å². The lowest BCUT2D eigenvalue weighted by molar-refractivity contribution is -0.0110. The Morgan fingerprint density at radius 2 is 1.00 bits per heavy atom. The lowest BCUT2D eigenvalue weighted by Gasteiger charge is -2.24. The van der Waals surface area contributed by atoms with Crippen LogP contribution in [0.15, 0.2) is 12.2 Å². The van der Waals surface area contributed by atoms with Crippen molar-refractivity contribution in [3.05, 3.63) is 12.2 Å². The molecule has 0 aromatic carbocycles. The molecule has 0 aromatic heterocycles. The first-order chi connectivity index (χ1) is 16.0. The van der Waals surface area contributed by atoms with E-state index in [1.165, 1.54) is 103 Å². The minimum absolute atomic E-state index is 0.0659. The van der Waals surface area contributed by atoms with Crippen LogP contribution in [0.3, 0.4) is 0 Å². The van der Waals surface area contributed by atoms with Crippen LogP contribution in [0, 0.1) is 11.8 Å². The highest BCUT2D eigenvalue weighted by atomic mass is 16.7. The lowest BCUT2D eigenvalue weighted by Crippen LogP contribution is -2.29. The van der Waals surface area contributed by atoms with Crippen LogP contribution in [0.1, 0.15) is 150 Å². The van der Waals surface area contributed by atoms with E-state index in [-0.39, 0.29) is 6.10 Å². The van der Waals surface area contributed by atoms with Gasteiger partial charge in [0.1, 0.15) is 6.10 Å². The fourth-order valence-electron chi connectivity index (χ4n) is 4.40. The molecule has 0 unspecified atom stereocenters. The molecule has 0 aliphatic heterocycles. The topological polar surface area (TPSA) is 35.5 Å². The van der Waals surface area contributed by atoms with Crippen molar-refractivity contribution >= 4 is 6.16 Å². The van der Waals surface area contributed by atoms with Crippen molar-refractivity contribution in [2.45, 2.75) is 156 Å². The number of hydrogen-bond acceptors (Lipinski definition) is 3. The van der Waals surface area contributed by atoms with Gasteiger partial charge in [0.05, 0.1) is 6.61 Å². The lowest BCUT2D eigenvalue weighted by atomic mass is 9.96. The van der Waals surface area contributed by atoms with Crippen molar-refractivity contribution in [3.63, 3.8) is 0 Å². The van der Waals surface area contributed by atoms with Gasteiger partial charge in [-0.15, -0.1) is 0 Å². The molecule has 196 valence electrons. The number of carbonyl (C=O) groups excluding carboxylic acids is 1. The predicted molar refractivity (Wildman–Crippen MR) is 144 cm³/mol. The largest absolute Gasteiger partial charge is 0.508 e. The van der Waals surface area contributed by atoms with E-state index in [1.807, 2.05) is 0 Å². The average molecular weight is 467 g/mol. The number of hydrogen-bond donors (Lipinski definition) is 0. The highest BCUT2D eigenvalue weighted by Gasteiger charge is 2.22. The summed E-state index contributed by atoms with van der Waals surface area (Å²) in [5, 5.41) is 0. The Morgan fingerprint density at radius 1 is 0.606 bits per heavy atom. The zero-order chi connectivity index (χ0) is 24.6. The molecule has 33 heavy (non-hydrogen) atoms. The van der Waals surface area contributed by atoms with E-state index in [1.54, 1.807) is 0 Å². The van der Waals surface area contributed by atoms with Gasteiger partial charge in [-0.2, -0.15) is 0 Å². The van der Waals surface area contributed by atoms with E-state index < -0.39 is 6.16 Å². The smallest absolute Gasteiger partial charge is 0.434 e. The summed E-state index contributed by atoms with van der Waals surface area (Å²) >= 11 is 0. The zero-order valence-electron chi connectivity index (χ0n) is 23.0. The quantitative estimate of drug-likeness (QED) is 0.0853. The molecule has 3 heteroatoms. The Hall–Kier alpha value is -0.990. The second-order valence-electron chi connectivity index (χ2n) is 10.5. The monoisotopic (exact) mass is 466 g/mol. The van der Waals surface area contributed by atoms with Crippen LogP contribution in [0.5, 0.6) is 0 Å². The maximum Gasteiger partial charge on any atom is 0.508 e. The molecule has 0 rings (SSSR count). The summed E-state index contributed by atoms with van der Waals surface area (Å²) in [5.74, 6) is 0.628. The normalized spacial score (nSPS) is 11.9. The van der Waals surface area contributed by atoms with Gasteiger partial charge in [-0.05, 0) is 43.9 Å². The summed E-state index contributed by atoms with van der Waals surface area (Å²) in [4.78, 5) is 11.8. The standard InChI is InChI=1S/C30H58O3/c1-6-7-8-9-10-11-12-13-14-15-16-17-18-19-20-21-22-23-24-25-26-32-30(31)33-29(27(2)3)28(4)5/h13-14,27-29H,6-12,15-26H2,1-5H3/b14-13+. The van der Waals surface area contributed by atoms with Gasteiger partial charge in [-0.3, -0.25) is 0 Å². The van der Waals surface area contributed by atoms with Gasteiger partial charge < -0.3 is 9.47 Å². The fraction of sp³-hybridized carbons (Fsp3) is 0.900. The highest BCUT2D eigenvalue weighted by Crippen LogP contribution is 2.17. The molecule has 0 spiro atoms. The maximum atomic E-state index is 11.8. The third-order valence-corrected chi connectivity index (χ3v) is 6.42. The third kappa shape index (κ3) is 22.6. The molecule has 0 aliphatic rings. The van der Waals surface area contributed by atoms with Gasteiger partial charge in [-0.25, -0.2) is 4.79 Å². The van der Waals surface area contributed by atoms with E-state index in [4.69, 9.17) is 9.47 Å². The minimum Gasteiger partial charge on any atom is -0.434 e. The second kappa shape index (κ2) is 24.1. The number of allylic oxidation sites excluding steroid dienone is 2. The number of carbonyl (C=O) groups is 1. The molecule has 0 aromatic rings. The van der Waals surface area contributed by atoms with Crippen LogP contribution in [0.25, 0.3) is 0 Å². The van der Waals surface area contributed by atoms with Gasteiger partial charge in [0.25, 0.3) is 0 Å². The van der Waals surface area contributed by atoms with E-state index in [2.05, 4.69) is 46.8 Å². The Morgan fingerprint density at radius 3 is 1.42 bits per heavy atom. The molecule has 0 amide bonds.